The van der Waals surface area contributed by atoms with Crippen LogP contribution >= 0.6 is 23.1 Å². The summed E-state index contributed by atoms with van der Waals surface area (Å²) in [5, 5.41) is 12.1. The highest BCUT2D eigenvalue weighted by molar-refractivity contribution is 8.00. The van der Waals surface area contributed by atoms with Crippen LogP contribution in [0, 0.1) is 5.41 Å². The summed E-state index contributed by atoms with van der Waals surface area (Å²) in [5.41, 5.74) is 0.784. The molecule has 6 nitrogen and oxygen atoms in total. The summed E-state index contributed by atoms with van der Waals surface area (Å²) in [7, 11) is 0. The molecule has 3 rings (SSSR count). The van der Waals surface area contributed by atoms with Crippen LogP contribution in [0.3, 0.4) is 0 Å². The van der Waals surface area contributed by atoms with E-state index in [1.54, 1.807) is 35.6 Å². The minimum Gasteiger partial charge on any atom is -0.326 e. The Balaban J connectivity index is 1.62. The Labute approximate surface area is 172 Å². The topological polar surface area (TPSA) is 87.7 Å². The fraction of sp³-hybridized carbons (Fsp3) is 0.300. The molecule has 0 saturated heterocycles. The molecule has 8 heteroatoms. The molecule has 0 saturated carbocycles. The number of anilines is 1. The van der Waals surface area contributed by atoms with Gasteiger partial charge in [0, 0.05) is 16.7 Å². The zero-order valence-electron chi connectivity index (χ0n) is 16.1. The third-order valence-corrected chi connectivity index (χ3v) is 5.82. The van der Waals surface area contributed by atoms with E-state index in [1.807, 2.05) is 45.2 Å². The molecular formula is C20H22N4O2S2. The summed E-state index contributed by atoms with van der Waals surface area (Å²) in [6, 6.07) is 10.9. The summed E-state index contributed by atoms with van der Waals surface area (Å²) in [5.74, 6) is 0.624. The fourth-order valence-electron chi connectivity index (χ4n) is 2.31. The minimum atomic E-state index is -0.474. The monoisotopic (exact) mass is 414 g/mol. The number of benzene rings is 1. The number of carbonyl (C=O) groups excluding carboxylic acids is 2. The van der Waals surface area contributed by atoms with Crippen molar-refractivity contribution in [2.24, 2.45) is 5.41 Å². The van der Waals surface area contributed by atoms with E-state index in [1.165, 1.54) is 11.8 Å². The second kappa shape index (κ2) is 8.28. The maximum Gasteiger partial charge on any atom is 0.229 e. The van der Waals surface area contributed by atoms with Crippen molar-refractivity contribution >= 4 is 40.5 Å². The molecule has 28 heavy (non-hydrogen) atoms. The molecule has 1 amide bonds. The third-order valence-electron chi connectivity index (χ3n) is 3.98. The molecule has 0 bridgehead atoms. The second-order valence-corrected chi connectivity index (χ2v) is 9.61. The first-order valence-corrected chi connectivity index (χ1v) is 10.6. The van der Waals surface area contributed by atoms with Gasteiger partial charge in [-0.15, -0.1) is 16.4 Å². The van der Waals surface area contributed by atoms with E-state index in [0.717, 1.165) is 4.88 Å². The molecule has 2 N–H and O–H groups in total. The lowest BCUT2D eigenvalue weighted by atomic mass is 9.95. The zero-order chi connectivity index (χ0) is 20.3. The molecule has 1 aromatic carbocycles. The molecule has 2 heterocycles. The molecule has 0 aliphatic heterocycles. The van der Waals surface area contributed by atoms with Crippen LogP contribution in [0.5, 0.6) is 0 Å². The zero-order valence-corrected chi connectivity index (χ0v) is 17.8. The van der Waals surface area contributed by atoms with Crippen molar-refractivity contribution in [3.8, 4) is 10.7 Å². The Morgan fingerprint density at radius 2 is 1.89 bits per heavy atom. The summed E-state index contributed by atoms with van der Waals surface area (Å²) >= 11 is 2.89. The molecule has 0 unspecified atom stereocenters. The van der Waals surface area contributed by atoms with E-state index in [-0.39, 0.29) is 16.9 Å². The number of thiophene rings is 1. The average molecular weight is 415 g/mol. The largest absolute Gasteiger partial charge is 0.326 e. The highest BCUT2D eigenvalue weighted by atomic mass is 32.2. The van der Waals surface area contributed by atoms with Gasteiger partial charge < -0.3 is 5.32 Å². The highest BCUT2D eigenvalue weighted by Gasteiger charge is 2.22. The number of hydrogen-bond donors (Lipinski definition) is 2. The van der Waals surface area contributed by atoms with Gasteiger partial charge in [0.2, 0.25) is 11.1 Å². The van der Waals surface area contributed by atoms with Crippen LogP contribution in [-0.4, -0.2) is 32.1 Å². The first kappa shape index (κ1) is 20.3. The van der Waals surface area contributed by atoms with E-state index in [0.29, 0.717) is 22.2 Å². The molecule has 3 aromatic rings. The summed E-state index contributed by atoms with van der Waals surface area (Å²) < 4.78 is 0. The maximum atomic E-state index is 12.7. The minimum absolute atomic E-state index is 0.0128. The van der Waals surface area contributed by atoms with Gasteiger partial charge in [0.1, 0.15) is 0 Å². The number of nitrogens with zero attached hydrogens (tertiary/aromatic N) is 2. The van der Waals surface area contributed by atoms with E-state index >= 15 is 0 Å². The van der Waals surface area contributed by atoms with E-state index in [4.69, 9.17) is 0 Å². The number of rotatable bonds is 6. The van der Waals surface area contributed by atoms with Gasteiger partial charge in [-0.1, -0.05) is 38.6 Å². The van der Waals surface area contributed by atoms with Crippen LogP contribution < -0.4 is 5.32 Å². The van der Waals surface area contributed by atoms with Crippen LogP contribution in [0.15, 0.2) is 46.9 Å². The van der Waals surface area contributed by atoms with E-state index in [9.17, 15) is 9.59 Å². The maximum absolute atomic E-state index is 12.7. The van der Waals surface area contributed by atoms with Crippen molar-refractivity contribution in [1.82, 2.24) is 15.2 Å². The molecule has 0 aliphatic rings. The van der Waals surface area contributed by atoms with Crippen molar-refractivity contribution in [3.63, 3.8) is 0 Å². The van der Waals surface area contributed by atoms with Crippen molar-refractivity contribution < 1.29 is 9.59 Å². The van der Waals surface area contributed by atoms with Gasteiger partial charge in [0.25, 0.3) is 0 Å². The molecule has 0 spiro atoms. The second-order valence-electron chi connectivity index (χ2n) is 7.35. The molecule has 0 radical (unpaired) electrons. The Kier molecular flexibility index (Phi) is 6.00. The highest BCUT2D eigenvalue weighted by Crippen LogP contribution is 2.27. The quantitative estimate of drug-likeness (QED) is 0.443. The Hall–Kier alpha value is -2.45. The summed E-state index contributed by atoms with van der Waals surface area (Å²) in [4.78, 5) is 30.2. The summed E-state index contributed by atoms with van der Waals surface area (Å²) in [6.07, 6.45) is 0. The van der Waals surface area contributed by atoms with Gasteiger partial charge >= 0.3 is 0 Å². The fourth-order valence-corrected chi connectivity index (χ4v) is 3.77. The van der Waals surface area contributed by atoms with Crippen LogP contribution in [0.2, 0.25) is 0 Å². The number of carbonyl (C=O) groups is 2. The standard InChI is InChI=1S/C20H22N4O2S2/c1-12(28-19-22-17(23-24-19)15-6-5-11-27-15)16(25)13-7-9-14(10-8-13)21-18(26)20(2,3)4/h5-12H,1-4H3,(H,21,26)(H,22,23,24)/t12-/m0/s1. The first-order valence-electron chi connectivity index (χ1n) is 8.83. The van der Waals surface area contributed by atoms with Crippen molar-refractivity contribution in [3.05, 3.63) is 47.3 Å². The lowest BCUT2D eigenvalue weighted by molar-refractivity contribution is -0.123. The number of nitrogens with one attached hydrogen (secondary N) is 2. The van der Waals surface area contributed by atoms with Crippen molar-refractivity contribution in [2.75, 3.05) is 5.32 Å². The summed E-state index contributed by atoms with van der Waals surface area (Å²) in [6.45, 7) is 7.40. The lowest BCUT2D eigenvalue weighted by Crippen LogP contribution is -2.27. The molecule has 146 valence electrons. The van der Waals surface area contributed by atoms with Gasteiger partial charge in [0.15, 0.2) is 11.6 Å². The number of ketones is 1. The third kappa shape index (κ3) is 4.88. The number of hydrogen-bond acceptors (Lipinski definition) is 6. The number of Topliss-reactive ketones (excluding diaryl/α,β-unsaturated/α-hetero) is 1. The first-order chi connectivity index (χ1) is 13.2. The number of thioether (sulfide) groups is 1. The Bertz CT molecular complexity index is 957. The lowest BCUT2D eigenvalue weighted by Gasteiger charge is -2.17. The van der Waals surface area contributed by atoms with Gasteiger partial charge in [-0.05, 0) is 42.6 Å². The predicted octanol–water partition coefficient (Wildman–Crippen LogP) is 4.88. The molecule has 2 aromatic heterocycles. The molecule has 0 fully saturated rings. The van der Waals surface area contributed by atoms with Gasteiger partial charge in [0.05, 0.1) is 10.1 Å². The normalized spacial score (nSPS) is 12.6. The number of aromatic nitrogens is 3. The number of amides is 1. The van der Waals surface area contributed by atoms with Gasteiger partial charge in [-0.3, -0.25) is 14.7 Å². The Morgan fingerprint density at radius 1 is 1.18 bits per heavy atom. The van der Waals surface area contributed by atoms with Crippen LogP contribution in [0.1, 0.15) is 38.1 Å². The predicted molar refractivity (Wildman–Crippen MR) is 114 cm³/mol. The average Bonchev–Trinajstić information content (AvgIpc) is 3.32. The van der Waals surface area contributed by atoms with Crippen LogP contribution in [-0.2, 0) is 4.79 Å². The van der Waals surface area contributed by atoms with Crippen molar-refractivity contribution in [1.29, 1.82) is 0 Å². The SMILES string of the molecule is C[C@H](Sc1n[nH]c(-c2cccs2)n1)C(=O)c1ccc(NC(=O)C(C)(C)C)cc1. The molecule has 1 atom stereocenters. The number of H-pyrrole nitrogens is 1. The van der Waals surface area contributed by atoms with Crippen LogP contribution in [0.25, 0.3) is 10.7 Å². The van der Waals surface area contributed by atoms with E-state index in [2.05, 4.69) is 20.5 Å². The Morgan fingerprint density at radius 3 is 2.50 bits per heavy atom. The smallest absolute Gasteiger partial charge is 0.229 e. The van der Waals surface area contributed by atoms with E-state index < -0.39 is 5.41 Å². The van der Waals surface area contributed by atoms with Crippen LogP contribution in [0.4, 0.5) is 5.69 Å². The van der Waals surface area contributed by atoms with Gasteiger partial charge in [-0.25, -0.2) is 4.98 Å². The molecule has 0 aliphatic carbocycles. The van der Waals surface area contributed by atoms with Gasteiger partial charge in [-0.2, -0.15) is 0 Å². The van der Waals surface area contributed by atoms with Crippen molar-refractivity contribution in [2.45, 2.75) is 38.1 Å². The molecular weight excluding hydrogens is 392 g/mol. The number of aromatic amines is 1.